The van der Waals surface area contributed by atoms with Gasteiger partial charge < -0.3 is 10.2 Å². The van der Waals surface area contributed by atoms with E-state index in [2.05, 4.69) is 96.4 Å². The quantitative estimate of drug-likeness (QED) is 0.215. The maximum absolute atomic E-state index is 5.14. The highest BCUT2D eigenvalue weighted by molar-refractivity contribution is 5.82. The van der Waals surface area contributed by atoms with Gasteiger partial charge in [0.15, 0.2) is 0 Å². The van der Waals surface area contributed by atoms with Crippen molar-refractivity contribution in [3.63, 3.8) is 0 Å². The molecule has 0 amide bonds. The molecule has 0 saturated heterocycles. The molecule has 2 aromatic rings. The molecule has 5 nitrogen and oxygen atoms in total. The van der Waals surface area contributed by atoms with Crippen molar-refractivity contribution in [2.75, 3.05) is 26.2 Å². The van der Waals surface area contributed by atoms with Crippen LogP contribution < -0.4 is 5.32 Å². The molecule has 2 aromatic carbocycles. The third kappa shape index (κ3) is 16.0. The van der Waals surface area contributed by atoms with Crippen molar-refractivity contribution >= 4 is 11.8 Å². The lowest BCUT2D eigenvalue weighted by molar-refractivity contribution is 0.417. The Morgan fingerprint density at radius 1 is 0.714 bits per heavy atom. The molecule has 0 atom stereocenters. The third-order valence-corrected chi connectivity index (χ3v) is 8.01. The zero-order valence-corrected chi connectivity index (χ0v) is 27.2. The van der Waals surface area contributed by atoms with Gasteiger partial charge in [0.1, 0.15) is 0 Å². The lowest BCUT2D eigenvalue weighted by atomic mass is 9.96. The summed E-state index contributed by atoms with van der Waals surface area (Å²) in [7, 11) is 0. The highest BCUT2D eigenvalue weighted by Gasteiger charge is 2.15. The molecule has 4 rings (SSSR count). The molecule has 232 valence electrons. The van der Waals surface area contributed by atoms with Crippen LogP contribution in [0.4, 0.5) is 0 Å². The molecule has 2 aliphatic carbocycles. The van der Waals surface area contributed by atoms with Crippen LogP contribution in [0.1, 0.15) is 109 Å². The van der Waals surface area contributed by atoms with Crippen molar-refractivity contribution in [3.05, 3.63) is 71.8 Å². The SMILES string of the molecule is C(=NCc1ccccc1)=NC1CCCCC1.CCN(CC)C(CCc1ccccc1)=NC1CCCCC1.CCNCC. The summed E-state index contributed by atoms with van der Waals surface area (Å²) in [6, 6.07) is 24.9. The van der Waals surface area contributed by atoms with E-state index in [0.29, 0.717) is 18.6 Å². The van der Waals surface area contributed by atoms with E-state index in [-0.39, 0.29) is 0 Å². The minimum absolute atomic E-state index is 0.480. The molecule has 5 heteroatoms. The molecule has 0 bridgehead atoms. The van der Waals surface area contributed by atoms with Gasteiger partial charge in [-0.25, -0.2) is 9.98 Å². The second-order valence-corrected chi connectivity index (χ2v) is 11.3. The maximum Gasteiger partial charge on any atom is 0.0995 e. The highest BCUT2D eigenvalue weighted by atomic mass is 15.2. The standard InChI is InChI=1S/C19H30N2.C14H18N2.C4H11N/c1-3-21(4-2)19(20-18-13-9-6-10-14-18)16-15-17-11-7-5-8-12-17;1-3-7-13(8-4-1)11-15-12-16-14-9-5-2-6-10-14;1-3-5-4-2/h5,7-8,11-12,18H,3-4,6,9-10,13-16H2,1-2H3;1,3-4,7-8,14H,2,5-6,9-11H2;5H,3-4H2,1-2H3. The minimum atomic E-state index is 0.480. The maximum atomic E-state index is 5.14. The Balaban J connectivity index is 0.000000259. The molecule has 0 heterocycles. The molecule has 0 spiro atoms. The number of hydrogen-bond donors (Lipinski definition) is 1. The monoisotopic (exact) mass is 573 g/mol. The minimum Gasteiger partial charge on any atom is -0.361 e. The Bertz CT molecular complexity index is 979. The lowest BCUT2D eigenvalue weighted by Gasteiger charge is -2.26. The predicted octanol–water partition coefficient (Wildman–Crippen LogP) is 9.00. The molecular formula is C37H59N5. The van der Waals surface area contributed by atoms with Crippen LogP contribution in [0, 0.1) is 0 Å². The molecule has 1 N–H and O–H groups in total. The first-order chi connectivity index (χ1) is 20.7. The van der Waals surface area contributed by atoms with Crippen LogP contribution in [0.3, 0.4) is 0 Å². The largest absolute Gasteiger partial charge is 0.361 e. The van der Waals surface area contributed by atoms with Gasteiger partial charge in [0, 0.05) is 19.5 Å². The number of aliphatic imine (C=N–C) groups is 3. The summed E-state index contributed by atoms with van der Waals surface area (Å²) in [6.45, 7) is 13.7. The Morgan fingerprint density at radius 3 is 1.74 bits per heavy atom. The Hall–Kier alpha value is -2.75. The smallest absolute Gasteiger partial charge is 0.0995 e. The number of rotatable bonds is 11. The molecule has 0 aromatic heterocycles. The Labute approximate surface area is 258 Å². The molecule has 2 saturated carbocycles. The van der Waals surface area contributed by atoms with Crippen molar-refractivity contribution in [1.82, 2.24) is 10.2 Å². The molecule has 42 heavy (non-hydrogen) atoms. The number of amidine groups is 1. The summed E-state index contributed by atoms with van der Waals surface area (Å²) in [5, 5.41) is 3.11. The van der Waals surface area contributed by atoms with Gasteiger partial charge in [0.2, 0.25) is 0 Å². The first-order valence-corrected chi connectivity index (χ1v) is 16.9. The van der Waals surface area contributed by atoms with E-state index < -0.39 is 0 Å². The van der Waals surface area contributed by atoms with Crippen LogP contribution >= 0.6 is 0 Å². The Kier molecular flexibility index (Phi) is 20.1. The summed E-state index contributed by atoms with van der Waals surface area (Å²) < 4.78 is 0. The van der Waals surface area contributed by atoms with E-state index >= 15 is 0 Å². The fourth-order valence-electron chi connectivity index (χ4n) is 5.51. The molecule has 0 radical (unpaired) electrons. The summed E-state index contributed by atoms with van der Waals surface area (Å²) in [4.78, 5) is 16.2. The van der Waals surface area contributed by atoms with Crippen molar-refractivity contribution in [1.29, 1.82) is 0 Å². The van der Waals surface area contributed by atoms with E-state index in [0.717, 1.165) is 39.0 Å². The van der Waals surface area contributed by atoms with E-state index in [9.17, 15) is 0 Å². The van der Waals surface area contributed by atoms with Crippen LogP contribution in [0.2, 0.25) is 0 Å². The summed E-state index contributed by atoms with van der Waals surface area (Å²) >= 11 is 0. The third-order valence-electron chi connectivity index (χ3n) is 8.01. The van der Waals surface area contributed by atoms with Gasteiger partial charge in [-0.15, -0.1) is 0 Å². The fraction of sp³-hybridized carbons (Fsp3) is 0.622. The first kappa shape index (κ1) is 35.4. The number of benzene rings is 2. The van der Waals surface area contributed by atoms with Crippen molar-refractivity contribution < 1.29 is 0 Å². The fourth-order valence-corrected chi connectivity index (χ4v) is 5.51. The summed E-state index contributed by atoms with van der Waals surface area (Å²) in [6.07, 6.45) is 15.3. The average molecular weight is 574 g/mol. The van der Waals surface area contributed by atoms with Gasteiger partial charge in [-0.05, 0) is 70.2 Å². The normalized spacial score (nSPS) is 15.8. The molecule has 2 aliphatic rings. The summed E-state index contributed by atoms with van der Waals surface area (Å²) in [5.74, 6) is 1.33. The second kappa shape index (κ2) is 23.8. The predicted molar refractivity (Wildman–Crippen MR) is 183 cm³/mol. The zero-order chi connectivity index (χ0) is 30.1. The number of nitrogens with one attached hydrogen (secondary N) is 1. The van der Waals surface area contributed by atoms with E-state index in [1.54, 1.807) is 0 Å². The number of aryl methyl sites for hydroxylation is 1. The molecule has 2 fully saturated rings. The number of hydrogen-bond acceptors (Lipinski definition) is 4. The molecule has 0 unspecified atom stereocenters. The van der Waals surface area contributed by atoms with Gasteiger partial charge in [-0.1, -0.05) is 113 Å². The van der Waals surface area contributed by atoms with Gasteiger partial charge in [-0.2, -0.15) is 0 Å². The summed E-state index contributed by atoms with van der Waals surface area (Å²) in [5.41, 5.74) is 2.63. The van der Waals surface area contributed by atoms with E-state index in [1.165, 1.54) is 81.2 Å². The van der Waals surface area contributed by atoms with Gasteiger partial charge >= 0.3 is 0 Å². The van der Waals surface area contributed by atoms with E-state index in [1.807, 2.05) is 18.2 Å². The van der Waals surface area contributed by atoms with Crippen LogP contribution in [0.15, 0.2) is 75.6 Å². The van der Waals surface area contributed by atoms with Crippen LogP contribution in [-0.4, -0.2) is 55.0 Å². The second-order valence-electron chi connectivity index (χ2n) is 11.3. The zero-order valence-electron chi connectivity index (χ0n) is 27.2. The lowest BCUT2D eigenvalue weighted by Crippen LogP contribution is -2.32. The Morgan fingerprint density at radius 2 is 1.24 bits per heavy atom. The van der Waals surface area contributed by atoms with Crippen molar-refractivity contribution in [3.8, 4) is 0 Å². The molecular weight excluding hydrogens is 514 g/mol. The van der Waals surface area contributed by atoms with Gasteiger partial charge in [-0.3, -0.25) is 4.99 Å². The van der Waals surface area contributed by atoms with E-state index in [4.69, 9.17) is 4.99 Å². The van der Waals surface area contributed by atoms with Crippen LogP contribution in [0.5, 0.6) is 0 Å². The van der Waals surface area contributed by atoms with Gasteiger partial charge in [0.05, 0.1) is 30.5 Å². The highest BCUT2D eigenvalue weighted by Crippen LogP contribution is 2.22. The van der Waals surface area contributed by atoms with Crippen molar-refractivity contribution in [2.24, 2.45) is 15.0 Å². The number of nitrogens with zero attached hydrogens (tertiary/aromatic N) is 4. The first-order valence-electron chi connectivity index (χ1n) is 16.9. The van der Waals surface area contributed by atoms with Crippen LogP contribution in [0.25, 0.3) is 0 Å². The average Bonchev–Trinajstić information content (AvgIpc) is 3.05. The van der Waals surface area contributed by atoms with Gasteiger partial charge in [0.25, 0.3) is 0 Å². The van der Waals surface area contributed by atoms with Crippen molar-refractivity contribution in [2.45, 2.75) is 123 Å². The van der Waals surface area contributed by atoms with Crippen LogP contribution in [-0.2, 0) is 13.0 Å². The molecule has 0 aliphatic heterocycles. The topological polar surface area (TPSA) is 52.4 Å².